The summed E-state index contributed by atoms with van der Waals surface area (Å²) >= 11 is 0. The Bertz CT molecular complexity index is 611. The third-order valence-corrected chi connectivity index (χ3v) is 4.74. The predicted molar refractivity (Wildman–Crippen MR) is 98.8 cm³/mol. The normalized spacial score (nSPS) is 12.1. The van der Waals surface area contributed by atoms with Gasteiger partial charge in [0.25, 0.3) is 0 Å². The summed E-state index contributed by atoms with van der Waals surface area (Å²) in [7, 11) is 0. The van der Waals surface area contributed by atoms with Gasteiger partial charge in [-0.05, 0) is 50.4 Å². The molecule has 0 aliphatic carbocycles. The van der Waals surface area contributed by atoms with E-state index in [2.05, 4.69) is 43.0 Å². The molecule has 0 radical (unpaired) electrons. The Hall–Kier alpha value is -1.58. The van der Waals surface area contributed by atoms with E-state index >= 15 is 0 Å². The molecule has 1 aromatic carbocycles. The molecule has 0 atom stereocenters. The maximum Gasteiger partial charge on any atom is 0.135 e. The van der Waals surface area contributed by atoms with Crippen molar-refractivity contribution in [3.63, 3.8) is 0 Å². The van der Waals surface area contributed by atoms with Crippen LogP contribution in [-0.2, 0) is 18.7 Å². The smallest absolute Gasteiger partial charge is 0.135 e. The molecule has 3 nitrogen and oxygen atoms in total. The van der Waals surface area contributed by atoms with Crippen molar-refractivity contribution in [1.82, 2.24) is 4.90 Å². The van der Waals surface area contributed by atoms with Crippen LogP contribution in [0.2, 0.25) is 0 Å². The van der Waals surface area contributed by atoms with Crippen LogP contribution in [0.25, 0.3) is 0 Å². The fraction of sp³-hybridized carbons (Fsp3) is 0.524. The Kier molecular flexibility index (Phi) is 6.64. The van der Waals surface area contributed by atoms with Crippen LogP contribution in [0.3, 0.4) is 0 Å². The Labute approximate surface area is 146 Å². The highest BCUT2D eigenvalue weighted by molar-refractivity contribution is 5.21. The average molecular weight is 329 g/mol. The van der Waals surface area contributed by atoms with Crippen LogP contribution in [0.15, 0.2) is 40.8 Å². The third kappa shape index (κ3) is 4.71. The van der Waals surface area contributed by atoms with Gasteiger partial charge in [0.1, 0.15) is 17.1 Å². The average Bonchev–Trinajstić information content (AvgIpc) is 3.05. The molecule has 1 aromatic heterocycles. The number of aliphatic hydroxyl groups is 1. The number of rotatable bonds is 9. The van der Waals surface area contributed by atoms with Gasteiger partial charge in [0.05, 0.1) is 6.54 Å². The van der Waals surface area contributed by atoms with Gasteiger partial charge in [0, 0.05) is 6.54 Å². The molecule has 0 saturated heterocycles. The zero-order valence-electron chi connectivity index (χ0n) is 15.5. The molecule has 0 aliphatic heterocycles. The summed E-state index contributed by atoms with van der Waals surface area (Å²) in [5.74, 6) is 1.61. The lowest BCUT2D eigenvalue weighted by Crippen LogP contribution is -2.24. The van der Waals surface area contributed by atoms with Gasteiger partial charge in [0.15, 0.2) is 0 Å². The Balaban J connectivity index is 2.07. The Morgan fingerprint density at radius 3 is 2.21 bits per heavy atom. The molecule has 0 aliphatic rings. The highest BCUT2D eigenvalue weighted by atomic mass is 16.4. The first-order valence-electron chi connectivity index (χ1n) is 9.10. The van der Waals surface area contributed by atoms with Crippen molar-refractivity contribution < 1.29 is 9.52 Å². The van der Waals surface area contributed by atoms with Crippen molar-refractivity contribution in [3.05, 3.63) is 59.0 Å². The molecule has 0 spiro atoms. The summed E-state index contributed by atoms with van der Waals surface area (Å²) in [6.07, 6.45) is 2.43. The van der Waals surface area contributed by atoms with Crippen molar-refractivity contribution in [2.75, 3.05) is 6.54 Å². The van der Waals surface area contributed by atoms with Crippen LogP contribution in [0.4, 0.5) is 0 Å². The molecule has 132 valence electrons. The summed E-state index contributed by atoms with van der Waals surface area (Å²) in [6.45, 7) is 11.0. The van der Waals surface area contributed by atoms with Crippen LogP contribution >= 0.6 is 0 Å². The summed E-state index contributed by atoms with van der Waals surface area (Å²) in [4.78, 5) is 2.39. The maximum atomic E-state index is 10.6. The summed E-state index contributed by atoms with van der Waals surface area (Å²) in [5.41, 5.74) is 1.76. The number of aryl methyl sites for hydroxylation is 1. The van der Waals surface area contributed by atoms with Crippen LogP contribution in [-0.4, -0.2) is 16.6 Å². The minimum absolute atomic E-state index is 0.665. The highest BCUT2D eigenvalue weighted by Crippen LogP contribution is 2.30. The molecule has 0 unspecified atom stereocenters. The predicted octanol–water partition coefficient (Wildman–Crippen LogP) is 5.01. The van der Waals surface area contributed by atoms with Gasteiger partial charge in [-0.2, -0.15) is 0 Å². The zero-order valence-corrected chi connectivity index (χ0v) is 15.5. The molecule has 1 N–H and O–H groups in total. The van der Waals surface area contributed by atoms with Gasteiger partial charge in [-0.25, -0.2) is 0 Å². The second-order valence-electron chi connectivity index (χ2n) is 6.70. The highest BCUT2D eigenvalue weighted by Gasteiger charge is 2.28. The standard InChI is InChI=1S/C21H31NO2/c1-5-14-22(15-18-10-8-17(4)9-11-18)16-19-12-13-20(24-19)21(23,6-2)7-3/h8-13,23H,5-7,14-16H2,1-4H3. The van der Waals surface area contributed by atoms with Gasteiger partial charge in [-0.1, -0.05) is 50.6 Å². The molecular weight excluding hydrogens is 298 g/mol. The Morgan fingerprint density at radius 2 is 1.62 bits per heavy atom. The number of benzene rings is 1. The molecular formula is C21H31NO2. The van der Waals surface area contributed by atoms with E-state index in [1.165, 1.54) is 11.1 Å². The minimum Gasteiger partial charge on any atom is -0.462 e. The lowest BCUT2D eigenvalue weighted by Gasteiger charge is -2.23. The van der Waals surface area contributed by atoms with Gasteiger partial charge in [0.2, 0.25) is 0 Å². The molecule has 1 heterocycles. The van der Waals surface area contributed by atoms with E-state index < -0.39 is 5.60 Å². The lowest BCUT2D eigenvalue weighted by molar-refractivity contribution is 0.00520. The van der Waals surface area contributed by atoms with Crippen LogP contribution in [0, 0.1) is 6.92 Å². The van der Waals surface area contributed by atoms with E-state index in [1.54, 1.807) is 0 Å². The number of hydrogen-bond donors (Lipinski definition) is 1. The number of nitrogens with zero attached hydrogens (tertiary/aromatic N) is 1. The summed E-state index contributed by atoms with van der Waals surface area (Å²) < 4.78 is 5.97. The van der Waals surface area contributed by atoms with Gasteiger partial charge < -0.3 is 9.52 Å². The van der Waals surface area contributed by atoms with E-state index in [0.29, 0.717) is 18.6 Å². The summed E-state index contributed by atoms with van der Waals surface area (Å²) in [6, 6.07) is 12.6. The number of hydrogen-bond acceptors (Lipinski definition) is 3. The van der Waals surface area contributed by atoms with Gasteiger partial charge in [-0.15, -0.1) is 0 Å². The lowest BCUT2D eigenvalue weighted by atomic mass is 9.95. The first kappa shape index (κ1) is 18.8. The van der Waals surface area contributed by atoms with Crippen molar-refractivity contribution >= 4 is 0 Å². The van der Waals surface area contributed by atoms with Crippen molar-refractivity contribution in [1.29, 1.82) is 0 Å². The van der Waals surface area contributed by atoms with Crippen LogP contribution < -0.4 is 0 Å². The van der Waals surface area contributed by atoms with E-state index in [0.717, 1.165) is 31.8 Å². The largest absolute Gasteiger partial charge is 0.462 e. The molecule has 0 fully saturated rings. The fourth-order valence-electron chi connectivity index (χ4n) is 3.01. The molecule has 0 saturated carbocycles. The van der Waals surface area contributed by atoms with Crippen LogP contribution in [0.5, 0.6) is 0 Å². The Morgan fingerprint density at radius 1 is 0.958 bits per heavy atom. The van der Waals surface area contributed by atoms with Gasteiger partial charge >= 0.3 is 0 Å². The summed E-state index contributed by atoms with van der Waals surface area (Å²) in [5, 5.41) is 10.6. The molecule has 3 heteroatoms. The second-order valence-corrected chi connectivity index (χ2v) is 6.70. The van der Waals surface area contributed by atoms with E-state index in [4.69, 9.17) is 4.42 Å². The first-order chi connectivity index (χ1) is 11.5. The van der Waals surface area contributed by atoms with E-state index in [9.17, 15) is 5.11 Å². The molecule has 24 heavy (non-hydrogen) atoms. The fourth-order valence-corrected chi connectivity index (χ4v) is 3.01. The molecule has 2 aromatic rings. The quantitative estimate of drug-likeness (QED) is 0.702. The second kappa shape index (κ2) is 8.50. The number of furan rings is 1. The molecule has 0 amide bonds. The third-order valence-electron chi connectivity index (χ3n) is 4.74. The molecule has 0 bridgehead atoms. The zero-order chi connectivity index (χ0) is 17.6. The van der Waals surface area contributed by atoms with Crippen LogP contribution in [0.1, 0.15) is 62.7 Å². The van der Waals surface area contributed by atoms with Gasteiger partial charge in [-0.3, -0.25) is 4.90 Å². The van der Waals surface area contributed by atoms with Crippen molar-refractivity contribution in [2.24, 2.45) is 0 Å². The van der Waals surface area contributed by atoms with E-state index in [-0.39, 0.29) is 0 Å². The van der Waals surface area contributed by atoms with Crippen molar-refractivity contribution in [3.8, 4) is 0 Å². The maximum absolute atomic E-state index is 10.6. The minimum atomic E-state index is -0.842. The topological polar surface area (TPSA) is 36.6 Å². The van der Waals surface area contributed by atoms with E-state index in [1.807, 2.05) is 26.0 Å². The van der Waals surface area contributed by atoms with Crippen molar-refractivity contribution in [2.45, 2.75) is 65.6 Å². The monoisotopic (exact) mass is 329 g/mol. The molecule has 2 rings (SSSR count). The first-order valence-corrected chi connectivity index (χ1v) is 9.10. The SMILES string of the molecule is CCCN(Cc1ccc(C)cc1)Cc1ccc(C(O)(CC)CC)o1.